The lowest BCUT2D eigenvalue weighted by molar-refractivity contribution is 0.172. The monoisotopic (exact) mass is 220 g/mol. The minimum Gasteiger partial charge on any atom is -0.506 e. The summed E-state index contributed by atoms with van der Waals surface area (Å²) in [6.07, 6.45) is 0.714. The molecule has 2 aromatic rings. The minimum absolute atomic E-state index is 0.0150. The van der Waals surface area contributed by atoms with E-state index in [0.29, 0.717) is 5.39 Å². The Hall–Kier alpha value is -1.88. The summed E-state index contributed by atoms with van der Waals surface area (Å²) in [4.78, 5) is 15.9. The average molecular weight is 220 g/mol. The molecule has 1 heterocycles. The van der Waals surface area contributed by atoms with Gasteiger partial charge in [0.05, 0.1) is 24.4 Å². The van der Waals surface area contributed by atoms with Crippen LogP contribution in [-0.4, -0.2) is 25.9 Å². The lowest BCUT2D eigenvalue weighted by Crippen LogP contribution is -2.25. The zero-order chi connectivity index (χ0) is 11.7. The first-order chi connectivity index (χ1) is 7.59. The largest absolute Gasteiger partial charge is 0.506 e. The van der Waals surface area contributed by atoms with Crippen LogP contribution in [-0.2, 0) is 6.54 Å². The Morgan fingerprint density at radius 1 is 1.50 bits per heavy atom. The van der Waals surface area contributed by atoms with Gasteiger partial charge in [0, 0.05) is 0 Å². The first kappa shape index (κ1) is 10.6. The fourth-order valence-electron chi connectivity index (χ4n) is 1.59. The van der Waals surface area contributed by atoms with Crippen LogP contribution in [0.5, 0.6) is 5.75 Å². The van der Waals surface area contributed by atoms with Gasteiger partial charge in [-0.1, -0.05) is 6.07 Å². The number of hydrogen-bond donors (Lipinski definition) is 2. The molecule has 0 saturated heterocycles. The third kappa shape index (κ3) is 1.77. The summed E-state index contributed by atoms with van der Waals surface area (Å²) in [6.45, 7) is 1.79. The summed E-state index contributed by atoms with van der Waals surface area (Å²) in [6, 6.07) is 4.67. The fourth-order valence-corrected chi connectivity index (χ4v) is 1.59. The summed E-state index contributed by atoms with van der Waals surface area (Å²) in [5.74, 6) is -0.0150. The second-order valence-corrected chi connectivity index (χ2v) is 3.72. The summed E-state index contributed by atoms with van der Waals surface area (Å²) in [5, 5.41) is 19.1. The van der Waals surface area contributed by atoms with Crippen molar-refractivity contribution in [2.75, 3.05) is 0 Å². The molecule has 5 heteroatoms. The number of phenolic OH excluding ortho intramolecular Hbond substituents is 1. The molecule has 0 spiro atoms. The Balaban J connectivity index is 2.66. The van der Waals surface area contributed by atoms with E-state index in [0.717, 1.165) is 0 Å². The van der Waals surface area contributed by atoms with Crippen LogP contribution in [0.3, 0.4) is 0 Å². The van der Waals surface area contributed by atoms with Crippen molar-refractivity contribution in [2.45, 2.75) is 19.6 Å². The summed E-state index contributed by atoms with van der Waals surface area (Å²) in [5.41, 5.74) is 0.0242. The Morgan fingerprint density at radius 2 is 2.25 bits per heavy atom. The molecule has 0 amide bonds. The van der Waals surface area contributed by atoms with Gasteiger partial charge >= 0.3 is 0 Å². The number of aliphatic hydroxyl groups is 1. The van der Waals surface area contributed by atoms with Crippen molar-refractivity contribution in [1.29, 1.82) is 0 Å². The number of aliphatic hydroxyl groups excluding tert-OH is 1. The van der Waals surface area contributed by atoms with Crippen LogP contribution in [0.25, 0.3) is 10.9 Å². The number of hydrogen-bond acceptors (Lipinski definition) is 4. The Kier molecular flexibility index (Phi) is 2.62. The molecule has 5 nitrogen and oxygen atoms in total. The van der Waals surface area contributed by atoms with E-state index < -0.39 is 6.10 Å². The highest BCUT2D eigenvalue weighted by Gasteiger charge is 2.08. The first-order valence-electron chi connectivity index (χ1n) is 4.95. The standard InChI is InChI=1S/C11H12N2O3/c1-7(14)5-13-6-12-10-8(11(13)16)3-2-4-9(10)15/h2-4,6-7,14-15H,5H2,1H3. The zero-order valence-electron chi connectivity index (χ0n) is 8.79. The van der Waals surface area contributed by atoms with Crippen molar-refractivity contribution >= 4 is 10.9 Å². The van der Waals surface area contributed by atoms with Gasteiger partial charge in [-0.05, 0) is 19.1 Å². The molecule has 0 fully saturated rings. The molecular formula is C11H12N2O3. The molecule has 2 N–H and O–H groups in total. The van der Waals surface area contributed by atoms with E-state index in [4.69, 9.17) is 0 Å². The first-order valence-corrected chi connectivity index (χ1v) is 4.95. The fraction of sp³-hybridized carbons (Fsp3) is 0.273. The maximum absolute atomic E-state index is 11.9. The number of benzene rings is 1. The van der Waals surface area contributed by atoms with Gasteiger partial charge < -0.3 is 10.2 Å². The molecule has 84 valence electrons. The van der Waals surface area contributed by atoms with Crippen molar-refractivity contribution in [2.24, 2.45) is 0 Å². The molecule has 0 aliphatic carbocycles. The topological polar surface area (TPSA) is 75.3 Å². The molecule has 16 heavy (non-hydrogen) atoms. The molecule has 1 atom stereocenters. The van der Waals surface area contributed by atoms with Crippen molar-refractivity contribution in [1.82, 2.24) is 9.55 Å². The number of aromatic hydroxyl groups is 1. The maximum Gasteiger partial charge on any atom is 0.261 e. The molecule has 0 bridgehead atoms. The van der Waals surface area contributed by atoms with E-state index in [1.165, 1.54) is 17.0 Å². The number of nitrogens with zero attached hydrogens (tertiary/aromatic N) is 2. The van der Waals surface area contributed by atoms with Gasteiger partial charge in [0.2, 0.25) is 0 Å². The Labute approximate surface area is 91.6 Å². The van der Waals surface area contributed by atoms with Gasteiger partial charge in [-0.15, -0.1) is 0 Å². The highest BCUT2D eigenvalue weighted by molar-refractivity contribution is 5.82. The molecule has 0 aliphatic rings. The molecule has 1 unspecified atom stereocenters. The van der Waals surface area contributed by atoms with Crippen LogP contribution in [0, 0.1) is 0 Å². The quantitative estimate of drug-likeness (QED) is 0.772. The van der Waals surface area contributed by atoms with Gasteiger partial charge in [0.1, 0.15) is 11.3 Å². The highest BCUT2D eigenvalue weighted by atomic mass is 16.3. The smallest absolute Gasteiger partial charge is 0.261 e. The van der Waals surface area contributed by atoms with Crippen LogP contribution in [0.1, 0.15) is 6.92 Å². The number of rotatable bonds is 2. The second-order valence-electron chi connectivity index (χ2n) is 3.72. The SMILES string of the molecule is CC(O)Cn1cnc2c(O)cccc2c1=O. The lowest BCUT2D eigenvalue weighted by Gasteiger charge is -2.08. The summed E-state index contributed by atoms with van der Waals surface area (Å²) in [7, 11) is 0. The normalized spacial score (nSPS) is 12.9. The van der Waals surface area contributed by atoms with E-state index in [2.05, 4.69) is 4.98 Å². The van der Waals surface area contributed by atoms with Gasteiger partial charge in [0.15, 0.2) is 0 Å². The van der Waals surface area contributed by atoms with Crippen LogP contribution < -0.4 is 5.56 Å². The Morgan fingerprint density at radius 3 is 2.94 bits per heavy atom. The summed E-state index contributed by atoms with van der Waals surface area (Å²) >= 11 is 0. The van der Waals surface area contributed by atoms with E-state index in [-0.39, 0.29) is 23.4 Å². The predicted octanol–water partition coefficient (Wildman–Crippen LogP) is 0.483. The number of para-hydroxylation sites is 1. The maximum atomic E-state index is 11.9. The molecule has 2 rings (SSSR count). The van der Waals surface area contributed by atoms with Gasteiger partial charge in [0.25, 0.3) is 5.56 Å². The van der Waals surface area contributed by atoms with Crippen LogP contribution >= 0.6 is 0 Å². The minimum atomic E-state index is -0.616. The molecule has 0 radical (unpaired) electrons. The highest BCUT2D eigenvalue weighted by Crippen LogP contribution is 2.18. The molecular weight excluding hydrogens is 208 g/mol. The van der Waals surface area contributed by atoms with Crippen molar-refractivity contribution < 1.29 is 10.2 Å². The second kappa shape index (κ2) is 3.94. The van der Waals surface area contributed by atoms with E-state index >= 15 is 0 Å². The van der Waals surface area contributed by atoms with Crippen LogP contribution in [0.15, 0.2) is 29.3 Å². The van der Waals surface area contributed by atoms with Crippen molar-refractivity contribution in [3.8, 4) is 5.75 Å². The number of aromatic nitrogens is 2. The van der Waals surface area contributed by atoms with Crippen molar-refractivity contribution in [3.05, 3.63) is 34.9 Å². The number of fused-ring (bicyclic) bond motifs is 1. The van der Waals surface area contributed by atoms with Crippen LogP contribution in [0.4, 0.5) is 0 Å². The van der Waals surface area contributed by atoms with Crippen LogP contribution in [0.2, 0.25) is 0 Å². The van der Waals surface area contributed by atoms with Gasteiger partial charge in [-0.3, -0.25) is 9.36 Å². The lowest BCUT2D eigenvalue weighted by atomic mass is 10.2. The molecule has 0 aliphatic heterocycles. The van der Waals surface area contributed by atoms with Crippen molar-refractivity contribution in [3.63, 3.8) is 0 Å². The van der Waals surface area contributed by atoms with E-state index in [1.807, 2.05) is 0 Å². The average Bonchev–Trinajstić information content (AvgIpc) is 2.23. The van der Waals surface area contributed by atoms with Gasteiger partial charge in [-0.2, -0.15) is 0 Å². The summed E-state index contributed by atoms with van der Waals surface area (Å²) < 4.78 is 1.33. The van der Waals surface area contributed by atoms with E-state index in [9.17, 15) is 15.0 Å². The molecule has 0 saturated carbocycles. The number of phenols is 1. The van der Waals surface area contributed by atoms with Gasteiger partial charge in [-0.25, -0.2) is 4.98 Å². The zero-order valence-corrected chi connectivity index (χ0v) is 8.79. The third-order valence-corrected chi connectivity index (χ3v) is 2.29. The van der Waals surface area contributed by atoms with E-state index in [1.54, 1.807) is 19.1 Å². The molecule has 1 aromatic heterocycles. The third-order valence-electron chi connectivity index (χ3n) is 2.29. The molecule has 1 aromatic carbocycles. The predicted molar refractivity (Wildman–Crippen MR) is 59.3 cm³/mol. The Bertz CT molecular complexity index is 575.